The van der Waals surface area contributed by atoms with E-state index in [1.807, 2.05) is 0 Å². The Hall–Kier alpha value is -5.43. The van der Waals surface area contributed by atoms with Crippen LogP contribution < -0.4 is 32.3 Å². The molecule has 1 aromatic rings. The molecule has 131 heavy (non-hydrogen) atoms. The van der Waals surface area contributed by atoms with Gasteiger partial charge in [0, 0.05) is 39.9 Å². The molecule has 0 spiro atoms. The van der Waals surface area contributed by atoms with Crippen molar-refractivity contribution >= 4 is 35.2 Å². The third-order valence-corrected chi connectivity index (χ3v) is 23.6. The zero-order valence-electron chi connectivity index (χ0n) is 70.7. The Labute approximate surface area is 743 Å². The standard InChI is InChI=1S/C75H122N6O50/c1-20-40(94)50(104)55(109)70(116-20)114-18-28(93)59(41(95)27(78-21(2)89)10-77-26-9-7-6-8-25(26)66(76)113)125-67-37(79-22(3)90)47(101)62(35(17-88)121-67)128-73-58(112)63(129-75-65(54(108)45(99)32(14-85)120-75)131-69-39(81-24(5)92)49(103)61(34(16-87)123-69)127-72-57(111)52(106)43(97)30(12-83)118-72)46(100)36(124-73)19-115-74-64(53(107)44(98)31(13-84)119-74)130-68-38(80-23(4)91)48(102)60(33(15-86)122-68)126-71-56(110)51(105)42(96)29(11-82)117-71/h6-9,20,27-65,67-75,77,82-88,93-112H,10-19H2,1-5H3,(H2,76,113)(H,78,89)(H,79,90)(H,80,91)(H,81,92)/t20?,27?,28?,29?,30?,31?,32?,33?,34?,35?,36?,37?,38-,39?,40+,41+,42-,43-,44+,45+,46+,47+,48?,49+,50-,51-,52-,53-,54-,55?,56?,57?,58?,59+,60+,61+,62+,63-,64?,65?,67-,68-,69-,70+,71-,72-,73-,74-,75+/m0/s1. The predicted octanol–water partition coefficient (Wildman–Crippen LogP) is -20.3. The average molecular weight is 1910 g/mol. The first-order valence-corrected chi connectivity index (χ1v) is 41.8. The number of benzene rings is 1. The summed E-state index contributed by atoms with van der Waals surface area (Å²) >= 11 is 0. The normalized spacial score (nSPS) is 44.5. The molecule has 9 aliphatic heterocycles. The molecule has 0 saturated carbocycles. The van der Waals surface area contributed by atoms with Crippen molar-refractivity contribution in [2.75, 3.05) is 71.3 Å². The fourth-order valence-electron chi connectivity index (χ4n) is 16.5. The highest BCUT2D eigenvalue weighted by Gasteiger charge is 2.61. The van der Waals surface area contributed by atoms with Crippen molar-refractivity contribution in [3.05, 3.63) is 29.8 Å². The van der Waals surface area contributed by atoms with E-state index in [0.717, 1.165) is 27.7 Å². The zero-order valence-corrected chi connectivity index (χ0v) is 70.7. The van der Waals surface area contributed by atoms with Crippen molar-refractivity contribution in [3.8, 4) is 0 Å². The summed E-state index contributed by atoms with van der Waals surface area (Å²) < 4.78 is 107. The molecule has 9 aliphatic rings. The molecule has 0 aliphatic carbocycles. The topological polar surface area (TPSA) is 884 Å². The van der Waals surface area contributed by atoms with Gasteiger partial charge in [-0.2, -0.15) is 0 Å². The first kappa shape index (κ1) is 108. The minimum absolute atomic E-state index is 0.0457. The van der Waals surface area contributed by atoms with E-state index >= 15 is 0 Å². The van der Waals surface area contributed by atoms with Crippen LogP contribution in [0.2, 0.25) is 0 Å². The molecule has 56 heteroatoms. The molecular weight excluding hydrogens is 1780 g/mol. The molecule has 56 nitrogen and oxygen atoms in total. The van der Waals surface area contributed by atoms with Crippen LogP contribution in [0, 0.1) is 0 Å². The molecule has 0 bridgehead atoms. The van der Waals surface area contributed by atoms with Gasteiger partial charge in [0.1, 0.15) is 232 Å². The van der Waals surface area contributed by atoms with Gasteiger partial charge in [0.05, 0.1) is 77.2 Å². The number of ether oxygens (including phenoxy) is 18. The molecule has 34 N–H and O–H groups in total. The number of amides is 5. The van der Waals surface area contributed by atoms with Crippen LogP contribution >= 0.6 is 0 Å². The van der Waals surface area contributed by atoms with Crippen LogP contribution in [0.5, 0.6) is 0 Å². The van der Waals surface area contributed by atoms with Gasteiger partial charge in [-0.3, -0.25) is 24.0 Å². The predicted molar refractivity (Wildman–Crippen MR) is 413 cm³/mol. The van der Waals surface area contributed by atoms with Crippen LogP contribution in [0.1, 0.15) is 45.0 Å². The highest BCUT2D eigenvalue weighted by Crippen LogP contribution is 2.40. The smallest absolute Gasteiger partial charge is 0.250 e. The van der Waals surface area contributed by atoms with Crippen molar-refractivity contribution in [2.24, 2.45) is 5.73 Å². The van der Waals surface area contributed by atoms with Gasteiger partial charge in [-0.1, -0.05) is 12.1 Å². The third kappa shape index (κ3) is 24.8. The van der Waals surface area contributed by atoms with Crippen LogP contribution in [0.15, 0.2) is 24.3 Å². The van der Waals surface area contributed by atoms with Gasteiger partial charge in [0.15, 0.2) is 56.6 Å². The number of anilines is 1. The minimum atomic E-state index is -2.67. The molecule has 9 heterocycles. The van der Waals surface area contributed by atoms with Gasteiger partial charge in [0.2, 0.25) is 23.6 Å². The molecule has 9 fully saturated rings. The first-order chi connectivity index (χ1) is 62.0. The van der Waals surface area contributed by atoms with Crippen LogP contribution in [-0.2, 0) is 104 Å². The number of primary amides is 1. The molecule has 9 saturated heterocycles. The van der Waals surface area contributed by atoms with Gasteiger partial charge in [-0.05, 0) is 19.1 Å². The number of aliphatic hydroxyl groups is 27. The number of nitrogens with two attached hydrogens (primary N) is 1. The van der Waals surface area contributed by atoms with E-state index in [2.05, 4.69) is 26.6 Å². The van der Waals surface area contributed by atoms with Crippen LogP contribution in [0.25, 0.3) is 0 Å². The second-order valence-corrected chi connectivity index (χ2v) is 32.9. The number of rotatable bonds is 38. The van der Waals surface area contributed by atoms with E-state index in [1.54, 1.807) is 0 Å². The lowest BCUT2D eigenvalue weighted by molar-refractivity contribution is -0.398. The molecule has 20 unspecified atom stereocenters. The number of carbonyl (C=O) groups excluding carboxylic acids is 5. The summed E-state index contributed by atoms with van der Waals surface area (Å²) in [7, 11) is 0. The van der Waals surface area contributed by atoms with Crippen molar-refractivity contribution < 1.29 is 247 Å². The van der Waals surface area contributed by atoms with Gasteiger partial charge in [-0.25, -0.2) is 0 Å². The fraction of sp³-hybridized carbons (Fsp3) is 0.853. The van der Waals surface area contributed by atoms with E-state index in [1.165, 1.54) is 31.2 Å². The molecule has 5 amide bonds. The summed E-state index contributed by atoms with van der Waals surface area (Å²) in [6.45, 7) is -5.86. The maximum atomic E-state index is 13.5. The summed E-state index contributed by atoms with van der Waals surface area (Å²) in [5, 5.41) is 317. The van der Waals surface area contributed by atoms with E-state index in [-0.39, 0.29) is 11.3 Å². The van der Waals surface area contributed by atoms with Crippen molar-refractivity contribution in [2.45, 2.75) is 335 Å². The highest BCUT2D eigenvalue weighted by atomic mass is 16.8. The molecule has 1 aromatic carbocycles. The van der Waals surface area contributed by atoms with Gasteiger partial charge < -0.3 is 255 Å². The largest absolute Gasteiger partial charge is 0.394 e. The Morgan fingerprint density at radius 2 is 0.718 bits per heavy atom. The number of carbonyl (C=O) groups is 5. The van der Waals surface area contributed by atoms with Crippen molar-refractivity contribution in [3.63, 3.8) is 0 Å². The third-order valence-electron chi connectivity index (χ3n) is 23.6. The molecular formula is C75H122N6O50. The van der Waals surface area contributed by atoms with Gasteiger partial charge >= 0.3 is 0 Å². The van der Waals surface area contributed by atoms with Crippen molar-refractivity contribution in [1.82, 2.24) is 21.3 Å². The number of hydrogen-bond acceptors (Lipinski definition) is 51. The SMILES string of the molecule is CC(=O)NC(CNc1ccccc1C(N)=O)[C@@H](O)[C@H](O[C@@H]1OC(CO)[C@@H](O[C@@H]2OC(CO[C@H]3OC(CO)[C@@H](O)[C@H](O)C3O[C@@H]3OC(CO)[C@@H](O[C@@H]4OC(CO)[C@H](O)[C@H](O)C4O)C(O)[C@@H]3NC(C)=O)[C@@H](O)[C@H](O[C@H]3OC(CO)[C@@H](O)[C@H](O)C3O[C@@H]3OC(CO)[C@@H](O[C@@H]4OC(CO)[C@H](O)[C@H](O)C4O)[C@H](O)C3NC(C)=O)C2O)[C@H](O)C1NC(C)=O)C(O)CO[C@@H]1OC(C)[C@@H](O)[C@H](O)C1O. The summed E-state index contributed by atoms with van der Waals surface area (Å²) in [5.74, 6) is -4.77. The second-order valence-electron chi connectivity index (χ2n) is 32.9. The summed E-state index contributed by atoms with van der Waals surface area (Å²) in [6, 6.07) is -2.07. The van der Waals surface area contributed by atoms with Gasteiger partial charge in [-0.15, -0.1) is 0 Å². The Morgan fingerprint density at radius 3 is 1.15 bits per heavy atom. The highest BCUT2D eigenvalue weighted by molar-refractivity contribution is 5.98. The maximum Gasteiger partial charge on any atom is 0.250 e. The van der Waals surface area contributed by atoms with E-state index < -0.39 is 396 Å². The van der Waals surface area contributed by atoms with E-state index in [0.29, 0.717) is 0 Å². The minimum Gasteiger partial charge on any atom is -0.394 e. The van der Waals surface area contributed by atoms with Crippen molar-refractivity contribution in [1.29, 1.82) is 0 Å². The molecule has 49 atom stereocenters. The first-order valence-electron chi connectivity index (χ1n) is 41.8. The second kappa shape index (κ2) is 47.8. The summed E-state index contributed by atoms with van der Waals surface area (Å²) in [4.78, 5) is 65.0. The Balaban J connectivity index is 1.00. The lowest BCUT2D eigenvalue weighted by Crippen LogP contribution is -2.70. The Bertz CT molecular complexity index is 3760. The molecule has 0 radical (unpaired) electrons. The molecule has 752 valence electrons. The molecule has 0 aromatic heterocycles. The zero-order chi connectivity index (χ0) is 96.5. The summed E-state index contributed by atoms with van der Waals surface area (Å²) in [5.41, 5.74) is 5.58. The molecule has 10 rings (SSSR count). The van der Waals surface area contributed by atoms with Crippen LogP contribution in [0.4, 0.5) is 5.69 Å². The number of aliphatic hydroxyl groups excluding tert-OH is 27. The average Bonchev–Trinajstić information content (AvgIpc) is 0.770. The van der Waals surface area contributed by atoms with E-state index in [4.69, 9.17) is 91.0 Å². The lowest BCUT2D eigenvalue weighted by Gasteiger charge is -2.51. The number of hydrogen-bond donors (Lipinski definition) is 33. The fourth-order valence-corrected chi connectivity index (χ4v) is 16.5. The Kier molecular flexibility index (Phi) is 39.2. The van der Waals surface area contributed by atoms with Gasteiger partial charge in [0.25, 0.3) is 5.91 Å². The Morgan fingerprint density at radius 1 is 0.359 bits per heavy atom. The lowest BCUT2D eigenvalue weighted by atomic mass is 9.94. The monoisotopic (exact) mass is 1910 g/mol. The number of nitrogens with one attached hydrogen (secondary N) is 5. The summed E-state index contributed by atoms with van der Waals surface area (Å²) in [6.07, 6.45) is -95.6. The quantitative estimate of drug-likeness (QED) is 0.0292. The van der Waals surface area contributed by atoms with Crippen LogP contribution in [-0.4, -0.2) is 534 Å². The van der Waals surface area contributed by atoms with E-state index in [9.17, 15) is 162 Å². The number of para-hydroxylation sites is 1. The van der Waals surface area contributed by atoms with Crippen LogP contribution in [0.3, 0.4) is 0 Å². The maximum absolute atomic E-state index is 13.5.